The van der Waals surface area contributed by atoms with Crippen molar-refractivity contribution in [2.75, 3.05) is 13.2 Å². The second-order valence-corrected chi connectivity index (χ2v) is 6.18. The van der Waals surface area contributed by atoms with E-state index in [1.54, 1.807) is 0 Å². The van der Waals surface area contributed by atoms with E-state index in [9.17, 15) is 9.59 Å². The van der Waals surface area contributed by atoms with Gasteiger partial charge in [-0.15, -0.1) is 0 Å². The number of rotatable bonds is 11. The van der Waals surface area contributed by atoms with Crippen LogP contribution in [-0.4, -0.2) is 25.2 Å². The van der Waals surface area contributed by atoms with Gasteiger partial charge >= 0.3 is 11.9 Å². The standard InChI is InChI=1S/C22H26O4/c23-21(17-19-11-5-3-6-12-19)25-15-9-1-2-10-16-26-22(24)18-20-13-7-4-8-14-20/h3-8,11-14H,1-2,9-10,15-18H2. The van der Waals surface area contributed by atoms with Crippen LogP contribution in [0.4, 0.5) is 0 Å². The van der Waals surface area contributed by atoms with Crippen molar-refractivity contribution < 1.29 is 19.1 Å². The van der Waals surface area contributed by atoms with Gasteiger partial charge in [-0.05, 0) is 36.8 Å². The second kappa shape index (κ2) is 11.9. The van der Waals surface area contributed by atoms with Crippen LogP contribution >= 0.6 is 0 Å². The number of esters is 2. The molecule has 138 valence electrons. The quantitative estimate of drug-likeness (QED) is 0.450. The van der Waals surface area contributed by atoms with E-state index in [0.717, 1.165) is 36.8 Å². The highest BCUT2D eigenvalue weighted by Crippen LogP contribution is 2.05. The monoisotopic (exact) mass is 354 g/mol. The minimum Gasteiger partial charge on any atom is -0.465 e. The first-order chi connectivity index (χ1) is 12.7. The first-order valence-corrected chi connectivity index (χ1v) is 9.13. The fraction of sp³-hybridized carbons (Fsp3) is 0.364. The molecule has 0 aliphatic heterocycles. The van der Waals surface area contributed by atoms with Crippen molar-refractivity contribution in [3.8, 4) is 0 Å². The first kappa shape index (κ1) is 19.7. The van der Waals surface area contributed by atoms with Crippen molar-refractivity contribution >= 4 is 11.9 Å². The highest BCUT2D eigenvalue weighted by Gasteiger charge is 2.05. The molecule has 2 aromatic carbocycles. The Bertz CT molecular complexity index is 593. The summed E-state index contributed by atoms with van der Waals surface area (Å²) in [6.45, 7) is 0.888. The molecule has 4 heteroatoms. The molecule has 0 aliphatic rings. The lowest BCUT2D eigenvalue weighted by molar-refractivity contribution is -0.144. The van der Waals surface area contributed by atoms with Gasteiger partial charge in [-0.1, -0.05) is 60.7 Å². The van der Waals surface area contributed by atoms with Crippen molar-refractivity contribution in [3.05, 3.63) is 71.8 Å². The number of hydrogen-bond donors (Lipinski definition) is 0. The Balaban J connectivity index is 1.43. The second-order valence-electron chi connectivity index (χ2n) is 6.18. The molecular formula is C22H26O4. The number of hydrogen-bond acceptors (Lipinski definition) is 4. The Morgan fingerprint density at radius 3 is 1.35 bits per heavy atom. The molecule has 2 aromatic rings. The maximum absolute atomic E-state index is 11.7. The van der Waals surface area contributed by atoms with Crippen molar-refractivity contribution in [1.29, 1.82) is 0 Å². The average Bonchev–Trinajstić information content (AvgIpc) is 2.65. The topological polar surface area (TPSA) is 52.6 Å². The van der Waals surface area contributed by atoms with Crippen molar-refractivity contribution in [2.24, 2.45) is 0 Å². The van der Waals surface area contributed by atoms with Crippen LogP contribution < -0.4 is 0 Å². The number of carbonyl (C=O) groups excluding carboxylic acids is 2. The van der Waals surface area contributed by atoms with Crippen LogP contribution in [0.5, 0.6) is 0 Å². The predicted octanol–water partition coefficient (Wildman–Crippen LogP) is 4.12. The van der Waals surface area contributed by atoms with E-state index in [1.165, 1.54) is 0 Å². The van der Waals surface area contributed by atoms with Crippen molar-refractivity contribution in [3.63, 3.8) is 0 Å². The van der Waals surface area contributed by atoms with Crippen LogP contribution in [-0.2, 0) is 31.9 Å². The van der Waals surface area contributed by atoms with E-state index in [0.29, 0.717) is 26.1 Å². The van der Waals surface area contributed by atoms with Gasteiger partial charge in [0.25, 0.3) is 0 Å². The number of ether oxygens (including phenoxy) is 2. The molecule has 0 heterocycles. The molecular weight excluding hydrogens is 328 g/mol. The van der Waals surface area contributed by atoms with Gasteiger partial charge in [-0.25, -0.2) is 0 Å². The Labute approximate surface area is 155 Å². The third-order valence-corrected chi connectivity index (χ3v) is 3.95. The Morgan fingerprint density at radius 1 is 0.577 bits per heavy atom. The van der Waals surface area contributed by atoms with Crippen LogP contribution in [0.25, 0.3) is 0 Å². The average molecular weight is 354 g/mol. The molecule has 0 fully saturated rings. The van der Waals surface area contributed by atoms with E-state index in [4.69, 9.17) is 9.47 Å². The summed E-state index contributed by atoms with van der Waals surface area (Å²) < 4.78 is 10.5. The minimum absolute atomic E-state index is 0.189. The van der Waals surface area contributed by atoms with Crippen LogP contribution in [0.15, 0.2) is 60.7 Å². The summed E-state index contributed by atoms with van der Waals surface area (Å²) in [7, 11) is 0. The van der Waals surface area contributed by atoms with Crippen LogP contribution in [0.1, 0.15) is 36.8 Å². The summed E-state index contributed by atoms with van der Waals surface area (Å²) in [5.41, 5.74) is 1.93. The van der Waals surface area contributed by atoms with Crippen molar-refractivity contribution in [2.45, 2.75) is 38.5 Å². The molecule has 0 N–H and O–H groups in total. The van der Waals surface area contributed by atoms with Crippen LogP contribution in [0.2, 0.25) is 0 Å². The Morgan fingerprint density at radius 2 is 0.962 bits per heavy atom. The zero-order valence-corrected chi connectivity index (χ0v) is 15.1. The third-order valence-electron chi connectivity index (χ3n) is 3.95. The zero-order valence-electron chi connectivity index (χ0n) is 15.1. The molecule has 0 saturated carbocycles. The predicted molar refractivity (Wildman–Crippen MR) is 101 cm³/mol. The smallest absolute Gasteiger partial charge is 0.310 e. The van der Waals surface area contributed by atoms with Gasteiger partial charge in [0.2, 0.25) is 0 Å². The van der Waals surface area contributed by atoms with E-state index < -0.39 is 0 Å². The van der Waals surface area contributed by atoms with E-state index >= 15 is 0 Å². The van der Waals surface area contributed by atoms with Gasteiger partial charge in [0.15, 0.2) is 0 Å². The van der Waals surface area contributed by atoms with Crippen molar-refractivity contribution in [1.82, 2.24) is 0 Å². The highest BCUT2D eigenvalue weighted by atomic mass is 16.5. The van der Waals surface area contributed by atoms with E-state index in [2.05, 4.69) is 0 Å². The van der Waals surface area contributed by atoms with Gasteiger partial charge in [0, 0.05) is 0 Å². The molecule has 0 unspecified atom stereocenters. The van der Waals surface area contributed by atoms with Gasteiger partial charge in [0.1, 0.15) is 0 Å². The third kappa shape index (κ3) is 8.47. The lowest BCUT2D eigenvalue weighted by atomic mass is 10.1. The molecule has 0 radical (unpaired) electrons. The molecule has 0 saturated heterocycles. The van der Waals surface area contributed by atoms with E-state index in [-0.39, 0.29) is 11.9 Å². The molecule has 0 aliphatic carbocycles. The SMILES string of the molecule is O=C(Cc1ccccc1)OCCCCCCOC(=O)Cc1ccccc1. The number of unbranched alkanes of at least 4 members (excludes halogenated alkanes) is 3. The maximum atomic E-state index is 11.7. The summed E-state index contributed by atoms with van der Waals surface area (Å²) >= 11 is 0. The molecule has 0 aromatic heterocycles. The Hall–Kier alpha value is -2.62. The van der Waals surface area contributed by atoms with Gasteiger partial charge in [-0.2, -0.15) is 0 Å². The minimum atomic E-state index is -0.189. The molecule has 4 nitrogen and oxygen atoms in total. The molecule has 26 heavy (non-hydrogen) atoms. The molecule has 0 bridgehead atoms. The highest BCUT2D eigenvalue weighted by molar-refractivity contribution is 5.72. The lowest BCUT2D eigenvalue weighted by Crippen LogP contribution is -2.10. The summed E-state index contributed by atoms with van der Waals surface area (Å²) in [6, 6.07) is 19.2. The fourth-order valence-corrected chi connectivity index (χ4v) is 2.56. The van der Waals surface area contributed by atoms with Crippen LogP contribution in [0.3, 0.4) is 0 Å². The van der Waals surface area contributed by atoms with E-state index in [1.807, 2.05) is 60.7 Å². The zero-order chi connectivity index (χ0) is 18.5. The first-order valence-electron chi connectivity index (χ1n) is 9.13. The fourth-order valence-electron chi connectivity index (χ4n) is 2.56. The van der Waals surface area contributed by atoms with Gasteiger partial charge in [-0.3, -0.25) is 9.59 Å². The largest absolute Gasteiger partial charge is 0.465 e. The molecule has 0 atom stereocenters. The normalized spacial score (nSPS) is 10.3. The Kier molecular flexibility index (Phi) is 8.98. The molecule has 0 amide bonds. The van der Waals surface area contributed by atoms with Gasteiger partial charge < -0.3 is 9.47 Å². The summed E-state index contributed by atoms with van der Waals surface area (Å²) in [5, 5.41) is 0. The van der Waals surface area contributed by atoms with Crippen LogP contribution in [0, 0.1) is 0 Å². The summed E-state index contributed by atoms with van der Waals surface area (Å²) in [4.78, 5) is 23.4. The summed E-state index contributed by atoms with van der Waals surface area (Å²) in [6.07, 6.45) is 4.21. The summed E-state index contributed by atoms with van der Waals surface area (Å²) in [5.74, 6) is -0.378. The lowest BCUT2D eigenvalue weighted by Gasteiger charge is -2.06. The van der Waals surface area contributed by atoms with Gasteiger partial charge in [0.05, 0.1) is 26.1 Å². The molecule has 0 spiro atoms. The maximum Gasteiger partial charge on any atom is 0.310 e. The molecule has 2 rings (SSSR count). The number of carbonyl (C=O) groups is 2. The number of benzene rings is 2.